The number of carbonyl (C=O) groups excluding carboxylic acids is 1. The van der Waals surface area contributed by atoms with E-state index in [-0.39, 0.29) is 11.3 Å². The van der Waals surface area contributed by atoms with Gasteiger partial charge in [0.15, 0.2) is 0 Å². The number of furan rings is 1. The topological polar surface area (TPSA) is 106 Å². The molecule has 3 aromatic rings. The standard InChI is InChI=1S/C14H12ClN5O2/c1-7-2-3-8(4-11(7)15)18-14-17-5-9-10(12(21)20-16)6-22-13(9)19-14/h2-6H,16H2,1H3,(H,20,21)(H,17,18,19). The Balaban J connectivity index is 1.92. The summed E-state index contributed by atoms with van der Waals surface area (Å²) >= 11 is 6.07. The summed E-state index contributed by atoms with van der Waals surface area (Å²) in [4.78, 5) is 19.9. The second-order valence-electron chi connectivity index (χ2n) is 4.62. The van der Waals surface area contributed by atoms with E-state index in [1.54, 1.807) is 6.07 Å². The van der Waals surface area contributed by atoms with Crippen LogP contribution in [0.15, 0.2) is 35.1 Å². The van der Waals surface area contributed by atoms with Gasteiger partial charge in [-0.1, -0.05) is 17.7 Å². The molecule has 0 radical (unpaired) electrons. The summed E-state index contributed by atoms with van der Waals surface area (Å²) in [6.45, 7) is 1.92. The number of nitrogens with one attached hydrogen (secondary N) is 2. The summed E-state index contributed by atoms with van der Waals surface area (Å²) in [7, 11) is 0. The van der Waals surface area contributed by atoms with Crippen molar-refractivity contribution in [3.63, 3.8) is 0 Å². The summed E-state index contributed by atoms with van der Waals surface area (Å²) in [5.74, 6) is 4.98. The molecule has 3 rings (SSSR count). The Morgan fingerprint density at radius 1 is 1.41 bits per heavy atom. The number of nitrogens with zero attached hydrogens (tertiary/aromatic N) is 2. The molecule has 0 saturated carbocycles. The van der Waals surface area contributed by atoms with Crippen molar-refractivity contribution < 1.29 is 9.21 Å². The number of nitrogens with two attached hydrogens (primary N) is 1. The number of halogens is 1. The van der Waals surface area contributed by atoms with E-state index in [9.17, 15) is 4.79 Å². The van der Waals surface area contributed by atoms with Crippen molar-refractivity contribution in [3.05, 3.63) is 46.8 Å². The van der Waals surface area contributed by atoms with Gasteiger partial charge in [0.2, 0.25) is 11.7 Å². The Kier molecular flexibility index (Phi) is 3.66. The number of nitrogen functional groups attached to an aromatic ring is 1. The number of anilines is 2. The first-order valence-corrected chi connectivity index (χ1v) is 6.74. The van der Waals surface area contributed by atoms with Crippen molar-refractivity contribution in [2.45, 2.75) is 6.92 Å². The summed E-state index contributed by atoms with van der Waals surface area (Å²) in [5, 5.41) is 4.15. The first kappa shape index (κ1) is 14.3. The number of rotatable bonds is 3. The number of hydrogen-bond acceptors (Lipinski definition) is 6. The zero-order valence-electron chi connectivity index (χ0n) is 11.6. The van der Waals surface area contributed by atoms with Gasteiger partial charge in [-0.05, 0) is 24.6 Å². The zero-order chi connectivity index (χ0) is 15.7. The molecule has 0 aliphatic heterocycles. The second-order valence-corrected chi connectivity index (χ2v) is 5.03. The van der Waals surface area contributed by atoms with Gasteiger partial charge in [0.25, 0.3) is 5.91 Å². The molecule has 0 aliphatic rings. The number of aromatic nitrogens is 2. The van der Waals surface area contributed by atoms with Gasteiger partial charge in [-0.15, -0.1) is 0 Å². The summed E-state index contributed by atoms with van der Waals surface area (Å²) in [6.07, 6.45) is 2.78. The maximum Gasteiger partial charge on any atom is 0.269 e. The number of hydrazine groups is 1. The maximum atomic E-state index is 11.6. The van der Waals surface area contributed by atoms with Gasteiger partial charge in [-0.3, -0.25) is 10.2 Å². The molecule has 0 spiro atoms. The van der Waals surface area contributed by atoms with Crippen molar-refractivity contribution >= 4 is 40.2 Å². The van der Waals surface area contributed by atoms with Crippen LogP contribution in [0.5, 0.6) is 0 Å². The highest BCUT2D eigenvalue weighted by Crippen LogP contribution is 2.24. The van der Waals surface area contributed by atoms with Crippen LogP contribution in [-0.4, -0.2) is 15.9 Å². The number of benzene rings is 1. The largest absolute Gasteiger partial charge is 0.445 e. The third-order valence-corrected chi connectivity index (χ3v) is 3.54. The van der Waals surface area contributed by atoms with Crippen molar-refractivity contribution in [1.82, 2.24) is 15.4 Å². The van der Waals surface area contributed by atoms with E-state index in [1.807, 2.05) is 24.5 Å². The number of amides is 1. The number of aryl methyl sites for hydroxylation is 1. The van der Waals surface area contributed by atoms with Crippen LogP contribution in [0, 0.1) is 6.92 Å². The lowest BCUT2D eigenvalue weighted by Gasteiger charge is -2.06. The average molecular weight is 318 g/mol. The summed E-state index contributed by atoms with van der Waals surface area (Å²) < 4.78 is 5.26. The lowest BCUT2D eigenvalue weighted by molar-refractivity contribution is 0.0954. The smallest absolute Gasteiger partial charge is 0.269 e. The average Bonchev–Trinajstić information content (AvgIpc) is 2.93. The Hall–Kier alpha value is -2.64. The molecule has 2 aromatic heterocycles. The van der Waals surface area contributed by atoms with E-state index in [2.05, 4.69) is 15.3 Å². The first-order chi connectivity index (χ1) is 10.6. The molecular formula is C14H12ClN5O2. The number of fused-ring (bicyclic) bond motifs is 1. The Morgan fingerprint density at radius 3 is 2.95 bits per heavy atom. The van der Waals surface area contributed by atoms with Crippen LogP contribution in [0.3, 0.4) is 0 Å². The minimum Gasteiger partial charge on any atom is -0.445 e. The van der Waals surface area contributed by atoms with Crippen LogP contribution in [0.1, 0.15) is 15.9 Å². The normalized spacial score (nSPS) is 10.7. The quantitative estimate of drug-likeness (QED) is 0.389. The Labute approximate surface area is 130 Å². The third-order valence-electron chi connectivity index (χ3n) is 3.14. The van der Waals surface area contributed by atoms with Crippen molar-refractivity contribution in [2.75, 3.05) is 5.32 Å². The van der Waals surface area contributed by atoms with E-state index in [0.29, 0.717) is 16.4 Å². The van der Waals surface area contributed by atoms with Gasteiger partial charge in [0.1, 0.15) is 6.26 Å². The van der Waals surface area contributed by atoms with Gasteiger partial charge in [0.05, 0.1) is 10.9 Å². The molecule has 0 unspecified atom stereocenters. The number of carbonyl (C=O) groups is 1. The van der Waals surface area contributed by atoms with Crippen LogP contribution in [0.25, 0.3) is 11.1 Å². The van der Waals surface area contributed by atoms with Crippen LogP contribution in [0.2, 0.25) is 5.02 Å². The molecule has 0 saturated heterocycles. The van der Waals surface area contributed by atoms with Crippen LogP contribution < -0.4 is 16.6 Å². The van der Waals surface area contributed by atoms with E-state index < -0.39 is 5.91 Å². The molecule has 8 heteroatoms. The molecule has 7 nitrogen and oxygen atoms in total. The lowest BCUT2D eigenvalue weighted by atomic mass is 10.2. The van der Waals surface area contributed by atoms with E-state index in [0.717, 1.165) is 11.3 Å². The van der Waals surface area contributed by atoms with E-state index in [4.69, 9.17) is 21.9 Å². The predicted octanol–water partition coefficient (Wildman–Crippen LogP) is 2.53. The van der Waals surface area contributed by atoms with Crippen molar-refractivity contribution in [3.8, 4) is 0 Å². The fourth-order valence-corrected chi connectivity index (χ4v) is 2.11. The zero-order valence-corrected chi connectivity index (χ0v) is 12.3. The minimum absolute atomic E-state index is 0.280. The predicted molar refractivity (Wildman–Crippen MR) is 82.9 cm³/mol. The van der Waals surface area contributed by atoms with Gasteiger partial charge < -0.3 is 9.73 Å². The number of hydrogen-bond donors (Lipinski definition) is 3. The van der Waals surface area contributed by atoms with Crippen LogP contribution in [0.4, 0.5) is 11.6 Å². The summed E-state index contributed by atoms with van der Waals surface area (Å²) in [6, 6.07) is 5.53. The second kappa shape index (κ2) is 5.63. The highest BCUT2D eigenvalue weighted by molar-refractivity contribution is 6.31. The molecule has 0 aliphatic carbocycles. The monoisotopic (exact) mass is 317 g/mol. The molecule has 112 valence electrons. The first-order valence-electron chi connectivity index (χ1n) is 6.37. The lowest BCUT2D eigenvalue weighted by Crippen LogP contribution is -2.29. The third kappa shape index (κ3) is 2.59. The fourth-order valence-electron chi connectivity index (χ4n) is 1.93. The SMILES string of the molecule is Cc1ccc(Nc2ncc3c(C(=O)NN)coc3n2)cc1Cl. The van der Waals surface area contributed by atoms with Gasteiger partial charge in [-0.25, -0.2) is 10.8 Å². The highest BCUT2D eigenvalue weighted by Gasteiger charge is 2.14. The van der Waals surface area contributed by atoms with Crippen molar-refractivity contribution in [2.24, 2.45) is 5.84 Å². The molecule has 0 atom stereocenters. The molecule has 2 heterocycles. The van der Waals surface area contributed by atoms with Crippen molar-refractivity contribution in [1.29, 1.82) is 0 Å². The minimum atomic E-state index is -0.464. The molecule has 4 N–H and O–H groups in total. The van der Waals surface area contributed by atoms with Gasteiger partial charge >= 0.3 is 0 Å². The molecule has 0 bridgehead atoms. The molecular weight excluding hydrogens is 306 g/mol. The molecule has 0 fully saturated rings. The van der Waals surface area contributed by atoms with Gasteiger partial charge in [0, 0.05) is 16.9 Å². The Bertz CT molecular complexity index is 862. The van der Waals surface area contributed by atoms with Gasteiger partial charge in [-0.2, -0.15) is 4.98 Å². The molecule has 1 amide bonds. The summed E-state index contributed by atoms with van der Waals surface area (Å²) in [5.41, 5.74) is 4.34. The van der Waals surface area contributed by atoms with Crippen LogP contribution in [-0.2, 0) is 0 Å². The van der Waals surface area contributed by atoms with E-state index in [1.165, 1.54) is 12.5 Å². The molecule has 1 aromatic carbocycles. The highest BCUT2D eigenvalue weighted by atomic mass is 35.5. The van der Waals surface area contributed by atoms with Crippen LogP contribution >= 0.6 is 11.6 Å². The van der Waals surface area contributed by atoms with E-state index >= 15 is 0 Å². The maximum absolute atomic E-state index is 11.6. The molecule has 22 heavy (non-hydrogen) atoms. The Morgan fingerprint density at radius 2 is 2.23 bits per heavy atom. The fraction of sp³-hybridized carbons (Fsp3) is 0.0714.